The Bertz CT molecular complexity index is 990. The summed E-state index contributed by atoms with van der Waals surface area (Å²) in [5, 5.41) is 24.0. The van der Waals surface area contributed by atoms with Gasteiger partial charge in [0, 0.05) is 38.2 Å². The number of nitro groups is 1. The van der Waals surface area contributed by atoms with Gasteiger partial charge in [0.05, 0.1) is 4.92 Å². The van der Waals surface area contributed by atoms with Gasteiger partial charge in [-0.15, -0.1) is 15.3 Å². The molecule has 1 saturated heterocycles. The van der Waals surface area contributed by atoms with Gasteiger partial charge in [0.15, 0.2) is 11.5 Å². The molecule has 0 spiro atoms. The van der Waals surface area contributed by atoms with E-state index in [4.69, 9.17) is 5.10 Å². The molecule has 0 atom stereocenters. The number of hydrogen-bond acceptors (Lipinski definition) is 8. The normalized spacial score (nSPS) is 17.5. The zero-order valence-corrected chi connectivity index (χ0v) is 14.6. The number of rotatable bonds is 4. The van der Waals surface area contributed by atoms with Crippen LogP contribution in [0, 0.1) is 10.1 Å². The van der Waals surface area contributed by atoms with Crippen LogP contribution in [0.15, 0.2) is 30.5 Å². The predicted molar refractivity (Wildman–Crippen MR) is 98.1 cm³/mol. The minimum atomic E-state index is -0.433. The minimum absolute atomic E-state index is 0.00953. The van der Waals surface area contributed by atoms with Crippen molar-refractivity contribution in [1.29, 1.82) is 0 Å². The standard InChI is InChI=1S/C17H18N8O2/c26-25(27)13-3-4-14(18-11-13)22-7-9-23(10-8-22)16-6-5-15-19-20-17(12-1-2-12)24(15)21-16/h3-6,11-12H,1-2,7-10H2. The van der Waals surface area contributed by atoms with Crippen LogP contribution in [0.4, 0.5) is 17.3 Å². The van der Waals surface area contributed by atoms with Crippen LogP contribution in [0.2, 0.25) is 0 Å². The van der Waals surface area contributed by atoms with Crippen molar-refractivity contribution in [3.8, 4) is 0 Å². The largest absolute Gasteiger partial charge is 0.353 e. The summed E-state index contributed by atoms with van der Waals surface area (Å²) < 4.78 is 1.87. The fourth-order valence-corrected chi connectivity index (χ4v) is 3.40. The van der Waals surface area contributed by atoms with E-state index in [1.54, 1.807) is 6.07 Å². The van der Waals surface area contributed by atoms with Crippen molar-refractivity contribution in [2.45, 2.75) is 18.8 Å². The first-order valence-corrected chi connectivity index (χ1v) is 9.02. The van der Waals surface area contributed by atoms with E-state index in [9.17, 15) is 10.1 Å². The molecule has 0 unspecified atom stereocenters. The summed E-state index contributed by atoms with van der Waals surface area (Å²) in [5.41, 5.74) is 0.796. The second-order valence-electron chi connectivity index (χ2n) is 6.90. The molecular weight excluding hydrogens is 348 g/mol. The molecule has 1 saturated carbocycles. The first-order valence-electron chi connectivity index (χ1n) is 9.02. The topological polar surface area (TPSA) is 106 Å². The Kier molecular flexibility index (Phi) is 3.62. The molecule has 10 heteroatoms. The Hall–Kier alpha value is -3.30. The third kappa shape index (κ3) is 2.92. The van der Waals surface area contributed by atoms with Crippen LogP contribution in [-0.4, -0.2) is 55.9 Å². The lowest BCUT2D eigenvalue weighted by Crippen LogP contribution is -2.47. The number of fused-ring (bicyclic) bond motifs is 1. The van der Waals surface area contributed by atoms with Gasteiger partial charge in [-0.05, 0) is 31.0 Å². The summed E-state index contributed by atoms with van der Waals surface area (Å²) in [7, 11) is 0. The lowest BCUT2D eigenvalue weighted by atomic mass is 10.3. The molecule has 2 fully saturated rings. The van der Waals surface area contributed by atoms with Gasteiger partial charge in [0.2, 0.25) is 0 Å². The van der Waals surface area contributed by atoms with Crippen LogP contribution in [0.5, 0.6) is 0 Å². The van der Waals surface area contributed by atoms with Crippen LogP contribution >= 0.6 is 0 Å². The molecule has 2 aliphatic rings. The quantitative estimate of drug-likeness (QED) is 0.507. The maximum absolute atomic E-state index is 10.8. The molecule has 3 aromatic rings. The van der Waals surface area contributed by atoms with Gasteiger partial charge >= 0.3 is 0 Å². The molecule has 4 heterocycles. The van der Waals surface area contributed by atoms with Gasteiger partial charge in [-0.25, -0.2) is 4.98 Å². The molecule has 0 radical (unpaired) electrons. The van der Waals surface area contributed by atoms with E-state index in [1.807, 2.05) is 16.6 Å². The van der Waals surface area contributed by atoms with Crippen molar-refractivity contribution in [3.63, 3.8) is 0 Å². The number of pyridine rings is 1. The SMILES string of the molecule is O=[N+]([O-])c1ccc(N2CCN(c3ccc4nnc(C5CC5)n4n3)CC2)nc1. The monoisotopic (exact) mass is 366 g/mol. The van der Waals surface area contributed by atoms with Gasteiger partial charge in [-0.1, -0.05) is 0 Å². The zero-order chi connectivity index (χ0) is 18.4. The van der Waals surface area contributed by atoms with Gasteiger partial charge in [-0.2, -0.15) is 4.52 Å². The molecule has 1 aliphatic carbocycles. The molecule has 3 aromatic heterocycles. The predicted octanol–water partition coefficient (Wildman–Crippen LogP) is 1.63. The van der Waals surface area contributed by atoms with Crippen molar-refractivity contribution < 1.29 is 4.92 Å². The number of anilines is 2. The van der Waals surface area contributed by atoms with Gasteiger partial charge in [0.1, 0.15) is 17.8 Å². The van der Waals surface area contributed by atoms with E-state index in [1.165, 1.54) is 12.3 Å². The second kappa shape index (κ2) is 6.15. The molecule has 10 nitrogen and oxygen atoms in total. The highest BCUT2D eigenvalue weighted by molar-refractivity contribution is 5.49. The Balaban J connectivity index is 1.30. The second-order valence-corrected chi connectivity index (χ2v) is 6.90. The first kappa shape index (κ1) is 15.9. The van der Waals surface area contributed by atoms with Crippen LogP contribution < -0.4 is 9.80 Å². The summed E-state index contributed by atoms with van der Waals surface area (Å²) in [6, 6.07) is 7.15. The lowest BCUT2D eigenvalue weighted by molar-refractivity contribution is -0.385. The molecular formula is C17H18N8O2. The summed E-state index contributed by atoms with van der Waals surface area (Å²) in [6.07, 6.45) is 3.63. The van der Waals surface area contributed by atoms with Crippen molar-refractivity contribution >= 4 is 23.0 Å². The van der Waals surface area contributed by atoms with Gasteiger partial charge < -0.3 is 9.80 Å². The minimum Gasteiger partial charge on any atom is -0.353 e. The maximum Gasteiger partial charge on any atom is 0.287 e. The molecule has 1 aliphatic heterocycles. The summed E-state index contributed by atoms with van der Waals surface area (Å²) >= 11 is 0. The Morgan fingerprint density at radius 3 is 2.30 bits per heavy atom. The van der Waals surface area contributed by atoms with E-state index in [-0.39, 0.29) is 5.69 Å². The molecule has 138 valence electrons. The lowest BCUT2D eigenvalue weighted by Gasteiger charge is -2.35. The van der Waals surface area contributed by atoms with Crippen LogP contribution in [0.25, 0.3) is 5.65 Å². The smallest absolute Gasteiger partial charge is 0.287 e. The fourth-order valence-electron chi connectivity index (χ4n) is 3.40. The zero-order valence-electron chi connectivity index (χ0n) is 14.6. The summed E-state index contributed by atoms with van der Waals surface area (Å²) in [5.74, 6) is 3.13. The molecule has 5 rings (SSSR count). The number of piperazine rings is 1. The number of aromatic nitrogens is 5. The van der Waals surface area contributed by atoms with Crippen LogP contribution in [0.3, 0.4) is 0 Å². The average Bonchev–Trinajstić information content (AvgIpc) is 3.47. The number of hydrogen-bond donors (Lipinski definition) is 0. The Morgan fingerprint density at radius 1 is 0.963 bits per heavy atom. The summed E-state index contributed by atoms with van der Waals surface area (Å²) in [6.45, 7) is 3.17. The van der Waals surface area contributed by atoms with E-state index in [2.05, 4.69) is 25.0 Å². The third-order valence-electron chi connectivity index (χ3n) is 5.09. The highest BCUT2D eigenvalue weighted by atomic mass is 16.6. The maximum atomic E-state index is 10.8. The van der Waals surface area contributed by atoms with Gasteiger partial charge in [-0.3, -0.25) is 10.1 Å². The van der Waals surface area contributed by atoms with E-state index in [0.29, 0.717) is 5.92 Å². The van der Waals surface area contributed by atoms with Crippen LogP contribution in [0.1, 0.15) is 24.6 Å². The highest BCUT2D eigenvalue weighted by Crippen LogP contribution is 2.38. The molecule has 0 aromatic carbocycles. The third-order valence-corrected chi connectivity index (χ3v) is 5.09. The van der Waals surface area contributed by atoms with Crippen LogP contribution in [-0.2, 0) is 0 Å². The summed E-state index contributed by atoms with van der Waals surface area (Å²) in [4.78, 5) is 18.9. The van der Waals surface area contributed by atoms with Crippen molar-refractivity contribution in [1.82, 2.24) is 24.8 Å². The highest BCUT2D eigenvalue weighted by Gasteiger charge is 2.29. The molecule has 0 bridgehead atoms. The Labute approximate surface area is 154 Å². The van der Waals surface area contributed by atoms with E-state index >= 15 is 0 Å². The van der Waals surface area contributed by atoms with Crippen molar-refractivity contribution in [3.05, 3.63) is 46.4 Å². The van der Waals surface area contributed by atoms with E-state index in [0.717, 1.165) is 62.1 Å². The first-order chi connectivity index (χ1) is 13.2. The van der Waals surface area contributed by atoms with E-state index < -0.39 is 4.92 Å². The van der Waals surface area contributed by atoms with Crippen molar-refractivity contribution in [2.24, 2.45) is 0 Å². The molecule has 0 N–H and O–H groups in total. The molecule has 27 heavy (non-hydrogen) atoms. The average molecular weight is 366 g/mol. The van der Waals surface area contributed by atoms with Gasteiger partial charge in [0.25, 0.3) is 5.69 Å². The number of nitrogens with zero attached hydrogens (tertiary/aromatic N) is 8. The molecule has 0 amide bonds. The van der Waals surface area contributed by atoms with Crippen molar-refractivity contribution in [2.75, 3.05) is 36.0 Å². The fraction of sp³-hybridized carbons (Fsp3) is 0.412. The Morgan fingerprint density at radius 2 is 1.67 bits per heavy atom.